The van der Waals surface area contributed by atoms with E-state index in [4.69, 9.17) is 5.73 Å². The summed E-state index contributed by atoms with van der Waals surface area (Å²) in [6, 6.07) is 3.15. The van der Waals surface area contributed by atoms with E-state index >= 15 is 0 Å². The summed E-state index contributed by atoms with van der Waals surface area (Å²) < 4.78 is 22.8. The molecule has 0 aliphatic heterocycles. The summed E-state index contributed by atoms with van der Waals surface area (Å²) in [7, 11) is -1.72. The summed E-state index contributed by atoms with van der Waals surface area (Å²) in [4.78, 5) is 14.6. The van der Waals surface area contributed by atoms with E-state index in [0.29, 0.717) is 17.8 Å². The van der Waals surface area contributed by atoms with E-state index in [0.717, 1.165) is 6.26 Å². The molecular weight excluding hydrogens is 242 g/mol. The number of nitrogens with one attached hydrogen (secondary N) is 1. The lowest BCUT2D eigenvalue weighted by Crippen LogP contribution is -2.12. The van der Waals surface area contributed by atoms with E-state index < -0.39 is 15.7 Å². The fourth-order valence-electron chi connectivity index (χ4n) is 1.29. The first-order valence-electron chi connectivity index (χ1n) is 5.00. The van der Waals surface area contributed by atoms with Crippen molar-refractivity contribution in [1.29, 1.82) is 0 Å². The molecule has 0 spiro atoms. The maximum atomic E-state index is 11.4. The van der Waals surface area contributed by atoms with Crippen LogP contribution in [-0.2, 0) is 21.1 Å². The van der Waals surface area contributed by atoms with Crippen molar-refractivity contribution in [3.63, 3.8) is 0 Å². The maximum absolute atomic E-state index is 11.4. The number of nitrogens with zero attached hydrogens (tertiary/aromatic N) is 1. The first-order chi connectivity index (χ1) is 7.82. The van der Waals surface area contributed by atoms with Gasteiger partial charge in [-0.2, -0.15) is 0 Å². The van der Waals surface area contributed by atoms with Crippen molar-refractivity contribution in [1.82, 2.24) is 4.98 Å². The Labute approximate surface area is 100 Å². The third-order valence-electron chi connectivity index (χ3n) is 2.16. The second kappa shape index (κ2) is 5.13. The molecule has 7 heteroatoms. The minimum Gasteiger partial charge on any atom is -0.373 e. The fraction of sp³-hybridized carbons (Fsp3) is 0.400. The Morgan fingerprint density at radius 3 is 2.59 bits per heavy atom. The molecule has 1 aromatic heterocycles. The van der Waals surface area contributed by atoms with Gasteiger partial charge in [-0.15, -0.1) is 0 Å². The number of primary amides is 1. The van der Waals surface area contributed by atoms with Gasteiger partial charge < -0.3 is 11.1 Å². The summed E-state index contributed by atoms with van der Waals surface area (Å²) in [5.74, 6) is 0.0288. The molecule has 0 radical (unpaired) electrons. The van der Waals surface area contributed by atoms with Crippen LogP contribution in [0, 0.1) is 0 Å². The van der Waals surface area contributed by atoms with Crippen LogP contribution >= 0.6 is 0 Å². The zero-order valence-corrected chi connectivity index (χ0v) is 10.5. The summed E-state index contributed by atoms with van der Waals surface area (Å²) in [6.07, 6.45) is 1.66. The van der Waals surface area contributed by atoms with Crippen LogP contribution in [0.25, 0.3) is 0 Å². The number of amides is 1. The van der Waals surface area contributed by atoms with Gasteiger partial charge in [0.05, 0.1) is 0 Å². The molecule has 1 amide bonds. The Morgan fingerprint density at radius 2 is 2.12 bits per heavy atom. The minimum atomic E-state index is -3.36. The number of anilines is 1. The van der Waals surface area contributed by atoms with Crippen LogP contribution in [0.4, 0.5) is 5.82 Å². The van der Waals surface area contributed by atoms with Crippen molar-refractivity contribution >= 4 is 21.6 Å². The van der Waals surface area contributed by atoms with E-state index in [1.807, 2.05) is 0 Å². The molecule has 0 aliphatic rings. The number of aryl methyl sites for hydroxylation is 1. The Hall–Kier alpha value is -1.63. The number of hydrogen-bond donors (Lipinski definition) is 2. The van der Waals surface area contributed by atoms with Gasteiger partial charge in [0.15, 0.2) is 14.9 Å². The maximum Gasteiger partial charge on any atom is 0.217 e. The Kier molecular flexibility index (Phi) is 4.06. The number of nitrogens with two attached hydrogens (primary N) is 1. The van der Waals surface area contributed by atoms with Crippen LogP contribution in [-0.4, -0.2) is 32.6 Å². The number of carbonyl (C=O) groups is 1. The van der Waals surface area contributed by atoms with Gasteiger partial charge in [-0.25, -0.2) is 13.4 Å². The second-order valence-electron chi connectivity index (χ2n) is 3.69. The number of hydrogen-bond acceptors (Lipinski definition) is 5. The summed E-state index contributed by atoms with van der Waals surface area (Å²) in [6.45, 7) is 0. The van der Waals surface area contributed by atoms with Gasteiger partial charge in [0, 0.05) is 19.7 Å². The quantitative estimate of drug-likeness (QED) is 0.769. The van der Waals surface area contributed by atoms with Crippen LogP contribution < -0.4 is 11.1 Å². The van der Waals surface area contributed by atoms with Crippen LogP contribution in [0.15, 0.2) is 17.2 Å². The molecule has 0 saturated carbocycles. The van der Waals surface area contributed by atoms with Gasteiger partial charge in [-0.05, 0) is 24.1 Å². The van der Waals surface area contributed by atoms with Crippen molar-refractivity contribution in [2.45, 2.75) is 17.9 Å². The van der Waals surface area contributed by atoms with Gasteiger partial charge in [-0.1, -0.05) is 0 Å². The van der Waals surface area contributed by atoms with E-state index in [2.05, 4.69) is 10.3 Å². The van der Waals surface area contributed by atoms with Crippen LogP contribution in [0.1, 0.15) is 12.0 Å². The van der Waals surface area contributed by atoms with Crippen molar-refractivity contribution in [2.24, 2.45) is 5.73 Å². The summed E-state index contributed by atoms with van der Waals surface area (Å²) in [5.41, 5.74) is 5.76. The SMILES string of the molecule is CNc1cc(CCC(N)=O)cc(S(C)(=O)=O)n1. The van der Waals surface area contributed by atoms with E-state index in [1.165, 1.54) is 6.07 Å². The van der Waals surface area contributed by atoms with Gasteiger partial charge in [0.1, 0.15) is 5.82 Å². The Balaban J connectivity index is 3.10. The molecule has 17 heavy (non-hydrogen) atoms. The third kappa shape index (κ3) is 4.03. The molecule has 6 nitrogen and oxygen atoms in total. The molecule has 0 saturated heterocycles. The van der Waals surface area contributed by atoms with Gasteiger partial charge in [0.2, 0.25) is 5.91 Å². The first kappa shape index (κ1) is 13.4. The lowest BCUT2D eigenvalue weighted by molar-refractivity contribution is -0.117. The smallest absolute Gasteiger partial charge is 0.217 e. The third-order valence-corrected chi connectivity index (χ3v) is 3.13. The highest BCUT2D eigenvalue weighted by atomic mass is 32.2. The highest BCUT2D eigenvalue weighted by Crippen LogP contribution is 2.15. The highest BCUT2D eigenvalue weighted by molar-refractivity contribution is 7.90. The first-order valence-corrected chi connectivity index (χ1v) is 6.89. The standard InChI is InChI=1S/C10H15N3O3S/c1-12-9-5-7(3-4-8(11)14)6-10(13-9)17(2,15)16/h5-6H,3-4H2,1-2H3,(H2,11,14)(H,12,13). The molecule has 1 rings (SSSR count). The molecule has 1 heterocycles. The predicted molar refractivity (Wildman–Crippen MR) is 64.4 cm³/mol. The Morgan fingerprint density at radius 1 is 1.47 bits per heavy atom. The average Bonchev–Trinajstić information content (AvgIpc) is 2.24. The molecular formula is C10H15N3O3S. The second-order valence-corrected chi connectivity index (χ2v) is 5.65. The zero-order chi connectivity index (χ0) is 13.1. The fourth-order valence-corrected chi connectivity index (χ4v) is 1.92. The van der Waals surface area contributed by atoms with Crippen LogP contribution in [0.5, 0.6) is 0 Å². The lowest BCUT2D eigenvalue weighted by Gasteiger charge is -2.06. The van der Waals surface area contributed by atoms with Crippen molar-refractivity contribution in [3.05, 3.63) is 17.7 Å². The number of sulfone groups is 1. The topological polar surface area (TPSA) is 102 Å². The predicted octanol–water partition coefficient (Wildman–Crippen LogP) is -0.0553. The lowest BCUT2D eigenvalue weighted by atomic mass is 10.1. The molecule has 0 unspecified atom stereocenters. The molecule has 0 bridgehead atoms. The zero-order valence-electron chi connectivity index (χ0n) is 9.73. The number of aromatic nitrogens is 1. The van der Waals surface area contributed by atoms with Crippen LogP contribution in [0.3, 0.4) is 0 Å². The molecule has 1 aromatic rings. The normalized spacial score (nSPS) is 11.2. The van der Waals surface area contributed by atoms with Crippen LogP contribution in [0.2, 0.25) is 0 Å². The highest BCUT2D eigenvalue weighted by Gasteiger charge is 2.12. The molecule has 0 atom stereocenters. The largest absolute Gasteiger partial charge is 0.373 e. The van der Waals surface area contributed by atoms with Gasteiger partial charge in [-0.3, -0.25) is 4.79 Å². The molecule has 0 fully saturated rings. The molecule has 0 aliphatic carbocycles. The van der Waals surface area contributed by atoms with Crippen molar-refractivity contribution < 1.29 is 13.2 Å². The summed E-state index contributed by atoms with van der Waals surface area (Å²) >= 11 is 0. The van der Waals surface area contributed by atoms with Crippen molar-refractivity contribution in [2.75, 3.05) is 18.6 Å². The molecule has 94 valence electrons. The molecule has 3 N–H and O–H groups in total. The van der Waals surface area contributed by atoms with Crippen molar-refractivity contribution in [3.8, 4) is 0 Å². The number of carbonyl (C=O) groups excluding carboxylic acids is 1. The number of pyridine rings is 1. The average molecular weight is 257 g/mol. The van der Waals surface area contributed by atoms with E-state index in [1.54, 1.807) is 13.1 Å². The summed E-state index contributed by atoms with van der Waals surface area (Å²) in [5, 5.41) is 2.77. The monoisotopic (exact) mass is 257 g/mol. The number of rotatable bonds is 5. The van der Waals surface area contributed by atoms with E-state index in [-0.39, 0.29) is 11.4 Å². The van der Waals surface area contributed by atoms with Gasteiger partial charge >= 0.3 is 0 Å². The Bertz CT molecular complexity index is 526. The molecule has 0 aromatic carbocycles. The van der Waals surface area contributed by atoms with Gasteiger partial charge in [0.25, 0.3) is 0 Å². The van der Waals surface area contributed by atoms with E-state index in [9.17, 15) is 13.2 Å². The minimum absolute atomic E-state index is 0.0104.